The Morgan fingerprint density at radius 1 is 0.719 bits per heavy atom. The maximum absolute atomic E-state index is 15.0. The van der Waals surface area contributed by atoms with Crippen LogP contribution >= 0.6 is 0 Å². The van der Waals surface area contributed by atoms with E-state index in [-0.39, 0.29) is 5.82 Å². The molecule has 4 rings (SSSR count). The van der Waals surface area contributed by atoms with Crippen molar-refractivity contribution in [3.8, 4) is 22.3 Å². The fourth-order valence-electron chi connectivity index (χ4n) is 5.30. The molecule has 3 aromatic carbocycles. The summed E-state index contributed by atoms with van der Waals surface area (Å²) in [5.41, 5.74) is 6.44. The minimum absolute atomic E-state index is 0.148. The summed E-state index contributed by atoms with van der Waals surface area (Å²) < 4.78 is 15.0. The Morgan fingerprint density at radius 2 is 1.38 bits per heavy atom. The van der Waals surface area contributed by atoms with Gasteiger partial charge in [-0.05, 0) is 84.2 Å². The van der Waals surface area contributed by atoms with Gasteiger partial charge in [0, 0.05) is 5.56 Å². The summed E-state index contributed by atoms with van der Waals surface area (Å²) in [6.07, 6.45) is 11.5. The first-order chi connectivity index (χ1) is 15.7. The van der Waals surface area contributed by atoms with Crippen LogP contribution in [0.25, 0.3) is 22.3 Å². The summed E-state index contributed by atoms with van der Waals surface area (Å²) in [5.74, 6) is 1.45. The molecule has 1 heteroatoms. The van der Waals surface area contributed by atoms with E-state index in [1.165, 1.54) is 62.5 Å². The van der Waals surface area contributed by atoms with Gasteiger partial charge < -0.3 is 0 Å². The van der Waals surface area contributed by atoms with Crippen molar-refractivity contribution in [3.63, 3.8) is 0 Å². The van der Waals surface area contributed by atoms with E-state index in [9.17, 15) is 0 Å². The molecule has 0 heterocycles. The minimum atomic E-state index is -0.148. The zero-order valence-corrected chi connectivity index (χ0v) is 19.7. The highest BCUT2D eigenvalue weighted by molar-refractivity contribution is 5.71. The zero-order valence-electron chi connectivity index (χ0n) is 19.7. The van der Waals surface area contributed by atoms with Crippen molar-refractivity contribution in [2.45, 2.75) is 77.6 Å². The molecule has 0 aromatic heterocycles. The predicted octanol–water partition coefficient (Wildman–Crippen LogP) is 9.58. The highest BCUT2D eigenvalue weighted by atomic mass is 19.1. The molecule has 0 nitrogen and oxygen atoms in total. The van der Waals surface area contributed by atoms with Gasteiger partial charge in [0.1, 0.15) is 5.82 Å². The van der Waals surface area contributed by atoms with Crippen LogP contribution in [0.2, 0.25) is 0 Å². The maximum Gasteiger partial charge on any atom is 0.131 e. The fourth-order valence-corrected chi connectivity index (χ4v) is 5.30. The van der Waals surface area contributed by atoms with Crippen LogP contribution in [0, 0.1) is 11.7 Å². The van der Waals surface area contributed by atoms with Gasteiger partial charge in [-0.3, -0.25) is 0 Å². The lowest BCUT2D eigenvalue weighted by atomic mass is 9.77. The van der Waals surface area contributed by atoms with Gasteiger partial charge >= 0.3 is 0 Å². The van der Waals surface area contributed by atoms with Gasteiger partial charge in [0.2, 0.25) is 0 Å². The average Bonchev–Trinajstić information content (AvgIpc) is 2.84. The molecule has 0 aliphatic heterocycles. The lowest BCUT2D eigenvalue weighted by Crippen LogP contribution is -2.13. The average molecular weight is 429 g/mol. The third-order valence-electron chi connectivity index (χ3n) is 7.31. The molecule has 0 radical (unpaired) electrons. The monoisotopic (exact) mass is 428 g/mol. The van der Waals surface area contributed by atoms with E-state index in [2.05, 4.69) is 62.4 Å². The van der Waals surface area contributed by atoms with E-state index in [0.29, 0.717) is 11.5 Å². The summed E-state index contributed by atoms with van der Waals surface area (Å²) in [5, 5.41) is 0. The van der Waals surface area contributed by atoms with Crippen LogP contribution < -0.4 is 0 Å². The molecule has 32 heavy (non-hydrogen) atoms. The van der Waals surface area contributed by atoms with E-state index >= 15 is 4.39 Å². The van der Waals surface area contributed by atoms with E-state index in [1.807, 2.05) is 12.1 Å². The van der Waals surface area contributed by atoms with Crippen LogP contribution in [-0.2, 0) is 6.42 Å². The molecule has 0 saturated heterocycles. The molecule has 0 unspecified atom stereocenters. The Labute approximate surface area is 193 Å². The molecule has 1 aliphatic carbocycles. The van der Waals surface area contributed by atoms with Crippen molar-refractivity contribution in [1.29, 1.82) is 0 Å². The highest BCUT2D eigenvalue weighted by Gasteiger charge is 2.21. The fraction of sp³-hybridized carbons (Fsp3) is 0.419. The van der Waals surface area contributed by atoms with Crippen molar-refractivity contribution in [2.75, 3.05) is 0 Å². The van der Waals surface area contributed by atoms with E-state index in [1.54, 1.807) is 6.07 Å². The van der Waals surface area contributed by atoms with Crippen molar-refractivity contribution >= 4 is 0 Å². The van der Waals surface area contributed by atoms with Gasteiger partial charge in [0.25, 0.3) is 0 Å². The second-order valence-corrected chi connectivity index (χ2v) is 9.62. The van der Waals surface area contributed by atoms with Crippen LogP contribution in [0.3, 0.4) is 0 Å². The van der Waals surface area contributed by atoms with Crippen molar-refractivity contribution < 1.29 is 4.39 Å². The summed E-state index contributed by atoms with van der Waals surface area (Å²) in [7, 11) is 0. The van der Waals surface area contributed by atoms with Crippen LogP contribution in [0.15, 0.2) is 66.7 Å². The minimum Gasteiger partial charge on any atom is -0.206 e. The molecule has 0 spiro atoms. The number of rotatable bonds is 8. The molecule has 0 N–H and O–H groups in total. The largest absolute Gasteiger partial charge is 0.206 e. The van der Waals surface area contributed by atoms with Gasteiger partial charge in [-0.2, -0.15) is 0 Å². The summed E-state index contributed by atoms with van der Waals surface area (Å²) in [4.78, 5) is 0. The number of aryl methyl sites for hydroxylation is 1. The standard InChI is InChI=1S/C31H37F/c1-3-5-7-24-10-14-27(15-11-24)29-20-21-30(31(32)22-29)28-18-16-26(17-19-28)25-12-8-23(6-4-2)9-13-25/h10-11,14-23,25H,3-9,12-13H2,1-2H3. The second-order valence-electron chi connectivity index (χ2n) is 9.62. The van der Waals surface area contributed by atoms with E-state index < -0.39 is 0 Å². The van der Waals surface area contributed by atoms with Crippen LogP contribution in [0.4, 0.5) is 4.39 Å². The lowest BCUT2D eigenvalue weighted by Gasteiger charge is -2.28. The number of hydrogen-bond donors (Lipinski definition) is 0. The third-order valence-corrected chi connectivity index (χ3v) is 7.31. The van der Waals surface area contributed by atoms with Crippen molar-refractivity contribution in [2.24, 2.45) is 5.92 Å². The number of hydrogen-bond acceptors (Lipinski definition) is 0. The van der Waals surface area contributed by atoms with Crippen LogP contribution in [0.5, 0.6) is 0 Å². The van der Waals surface area contributed by atoms with E-state index in [4.69, 9.17) is 0 Å². The first kappa shape index (κ1) is 22.8. The van der Waals surface area contributed by atoms with Crippen molar-refractivity contribution in [3.05, 3.63) is 83.7 Å². The quantitative estimate of drug-likeness (QED) is 0.335. The molecule has 1 fully saturated rings. The SMILES string of the molecule is CCCCc1ccc(-c2ccc(-c3ccc(C4CCC(CCC)CC4)cc3)c(F)c2)cc1. The van der Waals surface area contributed by atoms with E-state index in [0.717, 1.165) is 29.0 Å². The van der Waals surface area contributed by atoms with Crippen molar-refractivity contribution in [1.82, 2.24) is 0 Å². The first-order valence-electron chi connectivity index (χ1n) is 12.7. The van der Waals surface area contributed by atoms with Gasteiger partial charge in [0.05, 0.1) is 0 Å². The normalized spacial score (nSPS) is 18.6. The summed E-state index contributed by atoms with van der Waals surface area (Å²) in [6, 6.07) is 22.9. The Balaban J connectivity index is 1.44. The molecule has 0 amide bonds. The molecular weight excluding hydrogens is 391 g/mol. The molecule has 0 bridgehead atoms. The summed E-state index contributed by atoms with van der Waals surface area (Å²) in [6.45, 7) is 4.51. The molecular formula is C31H37F. The second kappa shape index (κ2) is 10.9. The molecule has 3 aromatic rings. The Kier molecular flexibility index (Phi) is 7.79. The number of benzene rings is 3. The lowest BCUT2D eigenvalue weighted by molar-refractivity contribution is 0.308. The topological polar surface area (TPSA) is 0 Å². The van der Waals surface area contributed by atoms with Crippen LogP contribution in [-0.4, -0.2) is 0 Å². The molecule has 1 saturated carbocycles. The predicted molar refractivity (Wildman–Crippen MR) is 135 cm³/mol. The molecule has 0 atom stereocenters. The third kappa shape index (κ3) is 5.49. The van der Waals surface area contributed by atoms with Gasteiger partial charge in [-0.15, -0.1) is 0 Å². The number of halogens is 1. The highest BCUT2D eigenvalue weighted by Crippen LogP contribution is 2.38. The van der Waals surface area contributed by atoms with Gasteiger partial charge in [0.15, 0.2) is 0 Å². The first-order valence-corrected chi connectivity index (χ1v) is 12.7. The van der Waals surface area contributed by atoms with Crippen LogP contribution in [0.1, 0.15) is 82.3 Å². The zero-order chi connectivity index (χ0) is 22.3. The number of unbranched alkanes of at least 4 members (excludes halogenated alkanes) is 1. The smallest absolute Gasteiger partial charge is 0.131 e. The van der Waals surface area contributed by atoms with Gasteiger partial charge in [-0.1, -0.05) is 93.8 Å². The Hall–Kier alpha value is -2.41. The maximum atomic E-state index is 15.0. The molecule has 1 aliphatic rings. The Bertz CT molecular complexity index is 976. The van der Waals surface area contributed by atoms with Gasteiger partial charge in [-0.25, -0.2) is 4.39 Å². The molecule has 168 valence electrons. The summed E-state index contributed by atoms with van der Waals surface area (Å²) >= 11 is 0. The Morgan fingerprint density at radius 3 is 2.00 bits per heavy atom.